The Morgan fingerprint density at radius 2 is 1.79 bits per heavy atom. The van der Waals surface area contributed by atoms with Crippen molar-refractivity contribution < 1.29 is 9.53 Å². The van der Waals surface area contributed by atoms with Crippen molar-refractivity contribution in [3.05, 3.63) is 84.3 Å². The molecule has 1 N–H and O–H groups in total. The molecule has 3 heterocycles. The van der Waals surface area contributed by atoms with Gasteiger partial charge in [-0.15, -0.1) is 0 Å². The van der Waals surface area contributed by atoms with Gasteiger partial charge in [0.25, 0.3) is 5.91 Å². The van der Waals surface area contributed by atoms with Crippen LogP contribution in [0.4, 0.5) is 0 Å². The second-order valence-electron chi connectivity index (χ2n) is 7.15. The topological polar surface area (TPSA) is 67.4 Å². The van der Waals surface area contributed by atoms with Crippen LogP contribution in [-0.4, -0.2) is 39.9 Å². The van der Waals surface area contributed by atoms with Gasteiger partial charge in [-0.2, -0.15) is 0 Å². The van der Waals surface area contributed by atoms with Gasteiger partial charge in [0.1, 0.15) is 5.75 Å². The summed E-state index contributed by atoms with van der Waals surface area (Å²) >= 11 is 0. The van der Waals surface area contributed by atoms with Gasteiger partial charge in [-0.25, -0.2) is 4.98 Å². The van der Waals surface area contributed by atoms with Gasteiger partial charge in [-0.1, -0.05) is 24.3 Å². The number of nitrogens with zero attached hydrogens (tertiary/aromatic N) is 3. The first-order valence-corrected chi connectivity index (χ1v) is 9.88. The predicted molar refractivity (Wildman–Crippen MR) is 111 cm³/mol. The lowest BCUT2D eigenvalue weighted by molar-refractivity contribution is 0.0908. The van der Waals surface area contributed by atoms with Gasteiger partial charge in [0.05, 0.1) is 11.3 Å². The Labute approximate surface area is 170 Å². The average molecular weight is 388 g/mol. The second kappa shape index (κ2) is 9.30. The van der Waals surface area contributed by atoms with Crippen molar-refractivity contribution in [2.75, 3.05) is 13.1 Å². The normalized spacial score (nSPS) is 15.0. The number of aromatic nitrogens is 2. The summed E-state index contributed by atoms with van der Waals surface area (Å²) in [5, 5.41) is 3.13. The van der Waals surface area contributed by atoms with E-state index in [1.54, 1.807) is 18.3 Å². The summed E-state index contributed by atoms with van der Waals surface area (Å²) in [7, 11) is 0. The van der Waals surface area contributed by atoms with Crippen LogP contribution in [0.5, 0.6) is 11.6 Å². The van der Waals surface area contributed by atoms with E-state index in [4.69, 9.17) is 4.74 Å². The summed E-state index contributed by atoms with van der Waals surface area (Å²) < 4.78 is 5.67. The van der Waals surface area contributed by atoms with Crippen LogP contribution in [0.2, 0.25) is 0 Å². The van der Waals surface area contributed by atoms with E-state index in [1.165, 1.54) is 0 Å². The number of ether oxygens (including phenoxy) is 1. The Balaban J connectivity index is 1.25. The minimum atomic E-state index is -0.0908. The molecule has 0 spiro atoms. The molecule has 0 unspecified atom stereocenters. The molecule has 0 radical (unpaired) electrons. The first-order chi connectivity index (χ1) is 14.3. The molecule has 1 fully saturated rings. The number of carbonyl (C=O) groups is 1. The van der Waals surface area contributed by atoms with Gasteiger partial charge in [0.2, 0.25) is 5.88 Å². The molecule has 0 saturated carbocycles. The van der Waals surface area contributed by atoms with E-state index < -0.39 is 0 Å². The number of rotatable bonds is 6. The molecular weight excluding hydrogens is 364 g/mol. The van der Waals surface area contributed by atoms with Crippen LogP contribution < -0.4 is 10.1 Å². The number of nitrogens with one attached hydrogen (secondary N) is 1. The van der Waals surface area contributed by atoms with Crippen LogP contribution in [0.25, 0.3) is 0 Å². The predicted octanol–water partition coefficient (Wildman–Crippen LogP) is 3.66. The molecular formula is C23H24N4O2. The third kappa shape index (κ3) is 5.39. The Hall–Kier alpha value is -3.25. The van der Waals surface area contributed by atoms with Crippen molar-refractivity contribution in [1.29, 1.82) is 0 Å². The lowest BCUT2D eigenvalue weighted by atomic mass is 10.0. The van der Waals surface area contributed by atoms with Crippen LogP contribution in [0.15, 0.2) is 73.1 Å². The highest BCUT2D eigenvalue weighted by molar-refractivity contribution is 5.94. The lowest BCUT2D eigenvalue weighted by Gasteiger charge is -2.32. The summed E-state index contributed by atoms with van der Waals surface area (Å²) in [6.45, 7) is 2.75. The highest BCUT2D eigenvalue weighted by Gasteiger charge is 2.21. The van der Waals surface area contributed by atoms with Crippen molar-refractivity contribution >= 4 is 5.91 Å². The summed E-state index contributed by atoms with van der Waals surface area (Å²) in [6, 6.07) is 19.1. The van der Waals surface area contributed by atoms with Gasteiger partial charge in [-0.3, -0.25) is 14.7 Å². The number of pyridine rings is 2. The Bertz CT molecular complexity index is 909. The van der Waals surface area contributed by atoms with Gasteiger partial charge in [0, 0.05) is 44.1 Å². The molecule has 1 aromatic carbocycles. The molecule has 6 nitrogen and oxygen atoms in total. The maximum absolute atomic E-state index is 12.5. The largest absolute Gasteiger partial charge is 0.439 e. The van der Waals surface area contributed by atoms with E-state index in [0.717, 1.165) is 43.9 Å². The van der Waals surface area contributed by atoms with Crippen molar-refractivity contribution in [2.24, 2.45) is 0 Å². The van der Waals surface area contributed by atoms with Gasteiger partial charge in [-0.05, 0) is 43.2 Å². The number of carbonyl (C=O) groups excluding carboxylic acids is 1. The van der Waals surface area contributed by atoms with Gasteiger partial charge >= 0.3 is 0 Å². The van der Waals surface area contributed by atoms with Crippen molar-refractivity contribution in [1.82, 2.24) is 20.2 Å². The summed E-state index contributed by atoms with van der Waals surface area (Å²) in [4.78, 5) is 23.6. The third-order valence-electron chi connectivity index (χ3n) is 5.00. The molecule has 1 aliphatic rings. The van der Waals surface area contributed by atoms with Crippen molar-refractivity contribution in [2.45, 2.75) is 25.4 Å². The monoisotopic (exact) mass is 388 g/mol. The first-order valence-electron chi connectivity index (χ1n) is 9.88. The average Bonchev–Trinajstić information content (AvgIpc) is 2.77. The van der Waals surface area contributed by atoms with Crippen LogP contribution >= 0.6 is 0 Å². The maximum atomic E-state index is 12.5. The van der Waals surface area contributed by atoms with E-state index in [1.807, 2.05) is 54.7 Å². The van der Waals surface area contributed by atoms with E-state index in [-0.39, 0.29) is 11.9 Å². The number of benzene rings is 1. The minimum absolute atomic E-state index is 0.0908. The molecule has 2 aromatic heterocycles. The fraction of sp³-hybridized carbons (Fsp3) is 0.261. The molecule has 1 saturated heterocycles. The van der Waals surface area contributed by atoms with Crippen LogP contribution in [0.3, 0.4) is 0 Å². The summed E-state index contributed by atoms with van der Waals surface area (Å²) in [6.07, 6.45) is 5.25. The molecule has 148 valence electrons. The third-order valence-corrected chi connectivity index (χ3v) is 5.00. The summed E-state index contributed by atoms with van der Waals surface area (Å²) in [5.74, 6) is 1.09. The molecule has 1 amide bonds. The fourth-order valence-corrected chi connectivity index (χ4v) is 3.41. The Morgan fingerprint density at radius 3 is 2.48 bits per heavy atom. The molecule has 29 heavy (non-hydrogen) atoms. The second-order valence-corrected chi connectivity index (χ2v) is 7.15. The summed E-state index contributed by atoms with van der Waals surface area (Å²) in [5.41, 5.74) is 1.63. The van der Waals surface area contributed by atoms with Crippen LogP contribution in [0.1, 0.15) is 28.9 Å². The zero-order chi connectivity index (χ0) is 19.9. The molecule has 3 aromatic rings. The zero-order valence-electron chi connectivity index (χ0n) is 16.2. The highest BCUT2D eigenvalue weighted by Crippen LogP contribution is 2.19. The lowest BCUT2D eigenvalue weighted by Crippen LogP contribution is -2.44. The first kappa shape index (κ1) is 19.1. The van der Waals surface area contributed by atoms with E-state index in [0.29, 0.717) is 11.4 Å². The Kier molecular flexibility index (Phi) is 6.12. The SMILES string of the molecule is O=C(NC1CCN(Cc2ccccn2)CC1)c1ccc(Oc2ccccc2)nc1. The molecule has 0 bridgehead atoms. The highest BCUT2D eigenvalue weighted by atomic mass is 16.5. The number of likely N-dealkylation sites (tertiary alicyclic amines) is 1. The van der Waals surface area contributed by atoms with E-state index >= 15 is 0 Å². The van der Waals surface area contributed by atoms with Crippen molar-refractivity contribution in [3.63, 3.8) is 0 Å². The maximum Gasteiger partial charge on any atom is 0.253 e. The van der Waals surface area contributed by atoms with Crippen molar-refractivity contribution in [3.8, 4) is 11.6 Å². The molecule has 6 heteroatoms. The van der Waals surface area contributed by atoms with Gasteiger partial charge < -0.3 is 10.1 Å². The Morgan fingerprint density at radius 1 is 1.00 bits per heavy atom. The molecule has 0 aliphatic carbocycles. The van der Waals surface area contributed by atoms with E-state index in [2.05, 4.69) is 20.2 Å². The molecule has 1 aliphatic heterocycles. The molecule has 4 rings (SSSR count). The number of hydrogen-bond donors (Lipinski definition) is 1. The van der Waals surface area contributed by atoms with Crippen LogP contribution in [0, 0.1) is 0 Å². The van der Waals surface area contributed by atoms with E-state index in [9.17, 15) is 4.79 Å². The number of hydrogen-bond acceptors (Lipinski definition) is 5. The number of amides is 1. The smallest absolute Gasteiger partial charge is 0.253 e. The quantitative estimate of drug-likeness (QED) is 0.698. The number of piperidine rings is 1. The fourth-order valence-electron chi connectivity index (χ4n) is 3.41. The molecule has 0 atom stereocenters. The standard InChI is InChI=1S/C23H24N4O2/c28-23(18-9-10-22(25-16-18)29-21-7-2-1-3-8-21)26-19-11-14-27(15-12-19)17-20-6-4-5-13-24-20/h1-10,13,16,19H,11-12,14-15,17H2,(H,26,28). The zero-order valence-corrected chi connectivity index (χ0v) is 16.2. The van der Waals surface area contributed by atoms with Crippen LogP contribution in [-0.2, 0) is 6.54 Å². The van der Waals surface area contributed by atoms with Gasteiger partial charge in [0.15, 0.2) is 0 Å². The number of para-hydroxylation sites is 1. The minimum Gasteiger partial charge on any atom is -0.439 e.